The summed E-state index contributed by atoms with van der Waals surface area (Å²) in [6.45, 7) is 8.01. The van der Waals surface area contributed by atoms with Gasteiger partial charge in [-0.1, -0.05) is 13.8 Å². The van der Waals surface area contributed by atoms with Crippen LogP contribution in [0.25, 0.3) is 0 Å². The highest BCUT2D eigenvalue weighted by Crippen LogP contribution is 2.00. The van der Waals surface area contributed by atoms with Crippen LogP contribution in [0, 0.1) is 5.92 Å². The first-order valence-corrected chi connectivity index (χ1v) is 6.13. The fraction of sp³-hybridized carbons (Fsp3) is 0.917. The maximum absolute atomic E-state index is 10.7. The van der Waals surface area contributed by atoms with Crippen molar-refractivity contribution in [3.05, 3.63) is 0 Å². The molecular weight excluding hydrogens is 222 g/mol. The summed E-state index contributed by atoms with van der Waals surface area (Å²) in [6, 6.07) is 0. The summed E-state index contributed by atoms with van der Waals surface area (Å²) in [6.07, 6.45) is 0.897. The summed E-state index contributed by atoms with van der Waals surface area (Å²) in [5, 5.41) is 8.82. The largest absolute Gasteiger partial charge is 0.481 e. The summed E-state index contributed by atoms with van der Waals surface area (Å²) < 4.78 is 10.4. The lowest BCUT2D eigenvalue weighted by Gasteiger charge is -2.22. The first-order valence-electron chi connectivity index (χ1n) is 6.13. The number of rotatable bonds is 11. The van der Waals surface area contributed by atoms with Crippen molar-refractivity contribution in [2.24, 2.45) is 5.92 Å². The maximum Gasteiger partial charge on any atom is 0.307 e. The molecule has 0 radical (unpaired) electrons. The molecule has 1 unspecified atom stereocenters. The van der Waals surface area contributed by atoms with E-state index < -0.39 is 5.97 Å². The van der Waals surface area contributed by atoms with Gasteiger partial charge in [-0.3, -0.25) is 4.79 Å². The van der Waals surface area contributed by atoms with Crippen LogP contribution in [0.15, 0.2) is 0 Å². The van der Waals surface area contributed by atoms with Gasteiger partial charge in [0.15, 0.2) is 0 Å². The second-order valence-corrected chi connectivity index (χ2v) is 4.09. The van der Waals surface area contributed by atoms with E-state index in [1.165, 1.54) is 0 Å². The van der Waals surface area contributed by atoms with E-state index >= 15 is 0 Å². The average molecular weight is 247 g/mol. The minimum absolute atomic E-state index is 0.330. The van der Waals surface area contributed by atoms with Crippen LogP contribution in [-0.2, 0) is 14.3 Å². The van der Waals surface area contributed by atoms with Crippen molar-refractivity contribution in [2.45, 2.75) is 20.3 Å². The molecule has 0 aromatic heterocycles. The fourth-order valence-corrected chi connectivity index (χ4v) is 1.44. The molecule has 0 spiro atoms. The molecule has 0 heterocycles. The Labute approximate surface area is 104 Å². The lowest BCUT2D eigenvalue weighted by molar-refractivity contribution is -0.141. The van der Waals surface area contributed by atoms with Crippen molar-refractivity contribution in [3.63, 3.8) is 0 Å². The summed E-state index contributed by atoms with van der Waals surface area (Å²) in [4.78, 5) is 12.8. The topological polar surface area (TPSA) is 59.0 Å². The van der Waals surface area contributed by atoms with E-state index in [4.69, 9.17) is 14.6 Å². The summed E-state index contributed by atoms with van der Waals surface area (Å²) in [5.41, 5.74) is 0. The van der Waals surface area contributed by atoms with E-state index in [1.54, 1.807) is 14.0 Å². The molecule has 0 aliphatic carbocycles. The molecule has 1 N–H and O–H groups in total. The zero-order valence-electron chi connectivity index (χ0n) is 11.1. The van der Waals surface area contributed by atoms with Crippen LogP contribution in [0.5, 0.6) is 0 Å². The van der Waals surface area contributed by atoms with Crippen LogP contribution >= 0.6 is 0 Å². The van der Waals surface area contributed by atoms with Crippen LogP contribution in [0.2, 0.25) is 0 Å². The number of ether oxygens (including phenoxy) is 2. The molecule has 0 rings (SSSR count). The quantitative estimate of drug-likeness (QED) is 0.554. The number of methoxy groups -OCH3 is 1. The standard InChI is InChI=1S/C12H25NO4/c1-4-13(10-11(2)12(14)15)6-9-17-8-5-7-16-3/h11H,4-10H2,1-3H3,(H,14,15). The van der Waals surface area contributed by atoms with Gasteiger partial charge in [-0.05, 0) is 13.0 Å². The minimum Gasteiger partial charge on any atom is -0.481 e. The Kier molecular flexibility index (Phi) is 10.1. The molecular formula is C12H25NO4. The molecule has 0 bridgehead atoms. The Morgan fingerprint density at radius 3 is 2.59 bits per heavy atom. The predicted octanol–water partition coefficient (Wildman–Crippen LogP) is 1.08. The Morgan fingerprint density at radius 1 is 1.35 bits per heavy atom. The number of nitrogens with zero attached hydrogens (tertiary/aromatic N) is 1. The molecule has 0 saturated carbocycles. The van der Waals surface area contributed by atoms with E-state index in [0.29, 0.717) is 26.4 Å². The SMILES string of the molecule is CCN(CCOCCCOC)CC(C)C(=O)O. The number of aliphatic carboxylic acids is 1. The van der Waals surface area contributed by atoms with Crippen LogP contribution in [-0.4, -0.2) is 62.5 Å². The molecule has 5 heteroatoms. The van der Waals surface area contributed by atoms with Gasteiger partial charge in [0.1, 0.15) is 0 Å². The zero-order chi connectivity index (χ0) is 13.1. The maximum atomic E-state index is 10.7. The smallest absolute Gasteiger partial charge is 0.307 e. The fourth-order valence-electron chi connectivity index (χ4n) is 1.44. The molecule has 0 saturated heterocycles. The molecule has 1 atom stereocenters. The van der Waals surface area contributed by atoms with Gasteiger partial charge >= 0.3 is 5.97 Å². The highest BCUT2D eigenvalue weighted by molar-refractivity contribution is 5.69. The third kappa shape index (κ3) is 9.09. The van der Waals surface area contributed by atoms with Crippen LogP contribution < -0.4 is 0 Å². The molecule has 0 fully saturated rings. The zero-order valence-corrected chi connectivity index (χ0v) is 11.1. The molecule has 0 aliphatic rings. The number of hydrogen-bond acceptors (Lipinski definition) is 4. The van der Waals surface area contributed by atoms with E-state index in [0.717, 1.165) is 19.5 Å². The molecule has 0 aromatic carbocycles. The highest BCUT2D eigenvalue weighted by atomic mass is 16.5. The van der Waals surface area contributed by atoms with Crippen LogP contribution in [0.4, 0.5) is 0 Å². The lowest BCUT2D eigenvalue weighted by atomic mass is 10.2. The van der Waals surface area contributed by atoms with Crippen molar-refractivity contribution >= 4 is 5.97 Å². The first-order chi connectivity index (χ1) is 8.11. The summed E-state index contributed by atoms with van der Waals surface area (Å²) in [7, 11) is 1.67. The van der Waals surface area contributed by atoms with Gasteiger partial charge in [0.25, 0.3) is 0 Å². The van der Waals surface area contributed by atoms with Crippen molar-refractivity contribution < 1.29 is 19.4 Å². The average Bonchev–Trinajstić information content (AvgIpc) is 2.31. The molecule has 17 heavy (non-hydrogen) atoms. The van der Waals surface area contributed by atoms with Gasteiger partial charge in [-0.25, -0.2) is 0 Å². The molecule has 102 valence electrons. The Balaban J connectivity index is 3.57. The Bertz CT molecular complexity index is 199. The third-order valence-corrected chi connectivity index (χ3v) is 2.59. The number of hydrogen-bond donors (Lipinski definition) is 1. The number of carboxylic acid groups (broad SMARTS) is 1. The van der Waals surface area contributed by atoms with E-state index in [1.807, 2.05) is 6.92 Å². The van der Waals surface area contributed by atoms with Gasteiger partial charge in [0, 0.05) is 33.4 Å². The number of carboxylic acids is 1. The van der Waals surface area contributed by atoms with E-state index in [2.05, 4.69) is 4.90 Å². The molecule has 5 nitrogen and oxygen atoms in total. The monoisotopic (exact) mass is 247 g/mol. The van der Waals surface area contributed by atoms with Gasteiger partial charge < -0.3 is 19.5 Å². The number of likely N-dealkylation sites (N-methyl/N-ethyl adjacent to an activating group) is 1. The van der Waals surface area contributed by atoms with Gasteiger partial charge in [-0.15, -0.1) is 0 Å². The molecule has 0 amide bonds. The van der Waals surface area contributed by atoms with E-state index in [9.17, 15) is 4.79 Å². The normalized spacial score (nSPS) is 12.9. The van der Waals surface area contributed by atoms with Crippen LogP contribution in [0.1, 0.15) is 20.3 Å². The second-order valence-electron chi connectivity index (χ2n) is 4.09. The van der Waals surface area contributed by atoms with Gasteiger partial charge in [0.2, 0.25) is 0 Å². The predicted molar refractivity (Wildman–Crippen MR) is 66.2 cm³/mol. The highest BCUT2D eigenvalue weighted by Gasteiger charge is 2.14. The first kappa shape index (κ1) is 16.4. The Hall–Kier alpha value is -0.650. The van der Waals surface area contributed by atoms with Gasteiger partial charge in [-0.2, -0.15) is 0 Å². The lowest BCUT2D eigenvalue weighted by Crippen LogP contribution is -2.34. The number of carbonyl (C=O) groups is 1. The van der Waals surface area contributed by atoms with Crippen molar-refractivity contribution in [1.82, 2.24) is 4.90 Å². The summed E-state index contributed by atoms with van der Waals surface area (Å²) >= 11 is 0. The molecule has 0 aromatic rings. The van der Waals surface area contributed by atoms with Crippen molar-refractivity contribution in [1.29, 1.82) is 0 Å². The summed E-state index contributed by atoms with van der Waals surface area (Å²) in [5.74, 6) is -1.08. The third-order valence-electron chi connectivity index (χ3n) is 2.59. The second kappa shape index (κ2) is 10.5. The molecule has 0 aliphatic heterocycles. The van der Waals surface area contributed by atoms with Crippen molar-refractivity contribution in [3.8, 4) is 0 Å². The van der Waals surface area contributed by atoms with Gasteiger partial charge in [0.05, 0.1) is 12.5 Å². The Morgan fingerprint density at radius 2 is 2.06 bits per heavy atom. The minimum atomic E-state index is -0.746. The van der Waals surface area contributed by atoms with Crippen LogP contribution in [0.3, 0.4) is 0 Å². The van der Waals surface area contributed by atoms with Crippen molar-refractivity contribution in [2.75, 3.05) is 46.6 Å². The van der Waals surface area contributed by atoms with E-state index in [-0.39, 0.29) is 5.92 Å².